The van der Waals surface area contributed by atoms with Gasteiger partial charge in [-0.05, 0) is 43.3 Å². The van der Waals surface area contributed by atoms with E-state index in [1.165, 1.54) is 30.5 Å². The van der Waals surface area contributed by atoms with E-state index in [-0.39, 0.29) is 10.8 Å². The highest BCUT2D eigenvalue weighted by atomic mass is 32.2. The molecule has 1 amide bonds. The molecule has 0 aliphatic carbocycles. The van der Waals surface area contributed by atoms with E-state index in [1.54, 1.807) is 25.3 Å². The molecule has 6 nitrogen and oxygen atoms in total. The largest absolute Gasteiger partial charge is 0.322 e. The average molecular weight is 317 g/mol. The third-order valence-electron chi connectivity index (χ3n) is 2.72. The van der Waals surface area contributed by atoms with Crippen LogP contribution in [0.15, 0.2) is 65.8 Å². The first-order valence-electron chi connectivity index (χ1n) is 6.38. The molecule has 7 heteroatoms. The Balaban J connectivity index is 2.15. The zero-order valence-corrected chi connectivity index (χ0v) is 12.7. The van der Waals surface area contributed by atoms with Gasteiger partial charge in [0.05, 0.1) is 16.8 Å². The Hall–Kier alpha value is -2.67. The molecule has 0 fully saturated rings. The molecule has 0 saturated heterocycles. The summed E-state index contributed by atoms with van der Waals surface area (Å²) < 4.78 is 26.8. The van der Waals surface area contributed by atoms with Gasteiger partial charge in [-0.15, -0.1) is 0 Å². The first-order valence-corrected chi connectivity index (χ1v) is 7.86. The van der Waals surface area contributed by atoms with Gasteiger partial charge in [0.2, 0.25) is 0 Å². The van der Waals surface area contributed by atoms with Crippen molar-refractivity contribution in [3.05, 3.63) is 60.9 Å². The van der Waals surface area contributed by atoms with Gasteiger partial charge in [-0.2, -0.15) is 0 Å². The molecule has 0 atom stereocenters. The summed E-state index contributed by atoms with van der Waals surface area (Å²) in [6.45, 7) is 5.12. The Bertz CT molecular complexity index is 785. The van der Waals surface area contributed by atoms with Crippen molar-refractivity contribution in [2.75, 3.05) is 10.0 Å². The maximum absolute atomic E-state index is 12.2. The van der Waals surface area contributed by atoms with Crippen LogP contribution in [0.1, 0.15) is 6.92 Å². The van der Waals surface area contributed by atoms with E-state index in [0.717, 1.165) is 0 Å². The number of pyridine rings is 1. The Kier molecular flexibility index (Phi) is 4.57. The number of aromatic nitrogens is 1. The van der Waals surface area contributed by atoms with Gasteiger partial charge in [-0.25, -0.2) is 8.42 Å². The second kappa shape index (κ2) is 6.40. The highest BCUT2D eigenvalue weighted by Gasteiger charge is 2.14. The third kappa shape index (κ3) is 3.92. The maximum atomic E-state index is 12.2. The van der Waals surface area contributed by atoms with Crippen molar-refractivity contribution >= 4 is 27.3 Å². The summed E-state index contributed by atoms with van der Waals surface area (Å²) in [5, 5.41) is 2.61. The first-order chi connectivity index (χ1) is 10.4. The second-order valence-electron chi connectivity index (χ2n) is 4.61. The summed E-state index contributed by atoms with van der Waals surface area (Å²) in [6, 6.07) is 9.08. The summed E-state index contributed by atoms with van der Waals surface area (Å²) in [5.74, 6) is -0.316. The topological polar surface area (TPSA) is 88.2 Å². The molecular weight excluding hydrogens is 302 g/mol. The molecule has 1 heterocycles. The van der Waals surface area contributed by atoms with E-state index >= 15 is 0 Å². The fourth-order valence-electron chi connectivity index (χ4n) is 1.59. The number of benzene rings is 1. The number of nitrogens with one attached hydrogen (secondary N) is 2. The van der Waals surface area contributed by atoms with E-state index in [4.69, 9.17) is 0 Å². The molecule has 2 rings (SSSR count). The van der Waals surface area contributed by atoms with Crippen molar-refractivity contribution in [3.8, 4) is 0 Å². The minimum Gasteiger partial charge on any atom is -0.322 e. The summed E-state index contributed by atoms with van der Waals surface area (Å²) >= 11 is 0. The quantitative estimate of drug-likeness (QED) is 0.829. The van der Waals surface area contributed by atoms with E-state index in [0.29, 0.717) is 16.9 Å². The zero-order valence-electron chi connectivity index (χ0n) is 11.9. The maximum Gasteiger partial charge on any atom is 0.261 e. The summed E-state index contributed by atoms with van der Waals surface area (Å²) in [6.07, 6.45) is 2.97. The number of hydrogen-bond donors (Lipinski definition) is 2. The Labute approximate surface area is 129 Å². The molecule has 0 aliphatic heterocycles. The van der Waals surface area contributed by atoms with Gasteiger partial charge in [-0.3, -0.25) is 14.5 Å². The number of hydrogen-bond acceptors (Lipinski definition) is 4. The SMILES string of the molecule is C=C(C)C(=O)Nc1ccc(S(=O)(=O)Nc2cccnc2)cc1. The van der Waals surface area contributed by atoms with Crippen molar-refractivity contribution in [3.63, 3.8) is 0 Å². The molecule has 0 spiro atoms. The number of nitrogens with zero attached hydrogens (tertiary/aromatic N) is 1. The molecular formula is C15H15N3O3S. The van der Waals surface area contributed by atoms with Crippen LogP contribution in [-0.2, 0) is 14.8 Å². The van der Waals surface area contributed by atoms with E-state index in [2.05, 4.69) is 21.6 Å². The molecule has 0 radical (unpaired) electrons. The highest BCUT2D eigenvalue weighted by molar-refractivity contribution is 7.92. The monoisotopic (exact) mass is 317 g/mol. The van der Waals surface area contributed by atoms with Crippen LogP contribution in [0.5, 0.6) is 0 Å². The van der Waals surface area contributed by atoms with Crippen LogP contribution in [0.4, 0.5) is 11.4 Å². The normalized spacial score (nSPS) is 10.8. The van der Waals surface area contributed by atoms with Crippen LogP contribution in [0.3, 0.4) is 0 Å². The molecule has 1 aromatic carbocycles. The van der Waals surface area contributed by atoms with Crippen LogP contribution in [0, 0.1) is 0 Å². The molecule has 114 valence electrons. The fraction of sp³-hybridized carbons (Fsp3) is 0.0667. The molecule has 0 saturated carbocycles. The van der Waals surface area contributed by atoms with Gasteiger partial charge in [0.1, 0.15) is 0 Å². The number of amides is 1. The number of anilines is 2. The number of sulfonamides is 1. The Morgan fingerprint density at radius 2 is 1.82 bits per heavy atom. The molecule has 22 heavy (non-hydrogen) atoms. The lowest BCUT2D eigenvalue weighted by molar-refractivity contribution is -0.112. The molecule has 1 aromatic heterocycles. The van der Waals surface area contributed by atoms with Crippen LogP contribution in [-0.4, -0.2) is 19.3 Å². The van der Waals surface area contributed by atoms with Crippen molar-refractivity contribution in [2.45, 2.75) is 11.8 Å². The van der Waals surface area contributed by atoms with Crippen molar-refractivity contribution in [1.82, 2.24) is 4.98 Å². The van der Waals surface area contributed by atoms with Gasteiger partial charge in [-0.1, -0.05) is 6.58 Å². The number of rotatable bonds is 5. The van der Waals surface area contributed by atoms with Crippen molar-refractivity contribution in [1.29, 1.82) is 0 Å². The molecule has 0 bridgehead atoms. The summed E-state index contributed by atoms with van der Waals surface area (Å²) in [7, 11) is -3.70. The number of carbonyl (C=O) groups excluding carboxylic acids is 1. The molecule has 0 aliphatic rings. The fourth-order valence-corrected chi connectivity index (χ4v) is 2.64. The predicted molar refractivity (Wildman–Crippen MR) is 84.9 cm³/mol. The van der Waals surface area contributed by atoms with Crippen LogP contribution < -0.4 is 10.0 Å². The predicted octanol–water partition coefficient (Wildman–Crippen LogP) is 2.40. The van der Waals surface area contributed by atoms with Crippen LogP contribution >= 0.6 is 0 Å². The smallest absolute Gasteiger partial charge is 0.261 e. The van der Waals surface area contributed by atoms with Gasteiger partial charge < -0.3 is 5.32 Å². The lowest BCUT2D eigenvalue weighted by atomic mass is 10.3. The Morgan fingerprint density at radius 1 is 1.14 bits per heavy atom. The van der Waals surface area contributed by atoms with E-state index < -0.39 is 10.0 Å². The minimum atomic E-state index is -3.70. The lowest BCUT2D eigenvalue weighted by Crippen LogP contribution is -2.14. The zero-order chi connectivity index (χ0) is 16.2. The molecule has 2 N–H and O–H groups in total. The average Bonchev–Trinajstić information content (AvgIpc) is 2.48. The molecule has 2 aromatic rings. The lowest BCUT2D eigenvalue weighted by Gasteiger charge is -2.09. The van der Waals surface area contributed by atoms with Gasteiger partial charge in [0, 0.05) is 17.5 Å². The highest BCUT2D eigenvalue weighted by Crippen LogP contribution is 2.17. The van der Waals surface area contributed by atoms with E-state index in [1.807, 2.05) is 0 Å². The van der Waals surface area contributed by atoms with Gasteiger partial charge in [0.15, 0.2) is 0 Å². The van der Waals surface area contributed by atoms with Crippen molar-refractivity contribution < 1.29 is 13.2 Å². The molecule has 0 unspecified atom stereocenters. The second-order valence-corrected chi connectivity index (χ2v) is 6.29. The summed E-state index contributed by atoms with van der Waals surface area (Å²) in [5.41, 5.74) is 1.24. The van der Waals surface area contributed by atoms with Crippen molar-refractivity contribution in [2.24, 2.45) is 0 Å². The first kappa shape index (κ1) is 15.7. The Morgan fingerprint density at radius 3 is 2.36 bits per heavy atom. The van der Waals surface area contributed by atoms with Gasteiger partial charge in [0.25, 0.3) is 15.9 Å². The third-order valence-corrected chi connectivity index (χ3v) is 4.12. The summed E-state index contributed by atoms with van der Waals surface area (Å²) in [4.78, 5) is 15.4. The van der Waals surface area contributed by atoms with Crippen LogP contribution in [0.2, 0.25) is 0 Å². The van der Waals surface area contributed by atoms with E-state index in [9.17, 15) is 13.2 Å². The van der Waals surface area contributed by atoms with Gasteiger partial charge >= 0.3 is 0 Å². The number of carbonyl (C=O) groups is 1. The van der Waals surface area contributed by atoms with Crippen LogP contribution in [0.25, 0.3) is 0 Å². The standard InChI is InChI=1S/C15H15N3O3S/c1-11(2)15(19)17-12-5-7-14(8-6-12)22(20,21)18-13-4-3-9-16-10-13/h3-10,18H,1H2,2H3,(H,17,19). The minimum absolute atomic E-state index is 0.0877.